The van der Waals surface area contributed by atoms with E-state index >= 15 is 0 Å². The number of hydrogen-bond donors (Lipinski definition) is 0. The Morgan fingerprint density at radius 1 is 0.531 bits per heavy atom. The number of rotatable bonds is 22. The summed E-state index contributed by atoms with van der Waals surface area (Å²) in [5, 5.41) is 0. The molecule has 1 nitrogen and oxygen atoms in total. The molecule has 2 atom stereocenters. The fourth-order valence-electron chi connectivity index (χ4n) is 6.08. The predicted octanol–water partition coefficient (Wildman–Crippen LogP) is 10.4. The average molecular weight is 450 g/mol. The molecule has 0 aromatic carbocycles. The molecule has 0 N–H and O–H groups in total. The summed E-state index contributed by atoms with van der Waals surface area (Å²) in [6.45, 7) is 13.6. The minimum Gasteiger partial charge on any atom is -0.303 e. The first-order chi connectivity index (χ1) is 15.7. The third-order valence-corrected chi connectivity index (χ3v) is 8.29. The van der Waals surface area contributed by atoms with Crippen molar-refractivity contribution in [1.82, 2.24) is 4.90 Å². The standard InChI is InChI=1S/C31H63N/c1-5-9-12-14-16-21-31(20-15-13-10-6-2)28-32-26-24-30(25-27-32)23-17-22-29(18-8-4)19-11-7-3/h29-31H,5-28H2,1-4H3. The maximum atomic E-state index is 2.86. The Bertz CT molecular complexity index is 371. The molecule has 0 aliphatic carbocycles. The molecular formula is C31H63N. The zero-order valence-corrected chi connectivity index (χ0v) is 23.1. The van der Waals surface area contributed by atoms with Crippen molar-refractivity contribution in [3.8, 4) is 0 Å². The maximum Gasteiger partial charge on any atom is 0.000966 e. The highest BCUT2D eigenvalue weighted by Crippen LogP contribution is 2.28. The Balaban J connectivity index is 2.27. The monoisotopic (exact) mass is 449 g/mol. The van der Waals surface area contributed by atoms with Gasteiger partial charge in [0.15, 0.2) is 0 Å². The van der Waals surface area contributed by atoms with Crippen molar-refractivity contribution >= 4 is 0 Å². The van der Waals surface area contributed by atoms with Gasteiger partial charge in [-0.1, -0.05) is 137 Å². The molecule has 1 heteroatoms. The molecule has 1 fully saturated rings. The van der Waals surface area contributed by atoms with Gasteiger partial charge in [-0.15, -0.1) is 0 Å². The summed E-state index contributed by atoms with van der Waals surface area (Å²) in [4.78, 5) is 2.86. The Labute approximate surface area is 204 Å². The predicted molar refractivity (Wildman–Crippen MR) is 147 cm³/mol. The highest BCUT2D eigenvalue weighted by atomic mass is 15.1. The lowest BCUT2D eigenvalue weighted by Crippen LogP contribution is -2.37. The Morgan fingerprint density at radius 3 is 1.66 bits per heavy atom. The zero-order chi connectivity index (χ0) is 23.3. The van der Waals surface area contributed by atoms with E-state index in [1.54, 1.807) is 0 Å². The molecule has 0 aromatic rings. The fourth-order valence-corrected chi connectivity index (χ4v) is 6.08. The lowest BCUT2D eigenvalue weighted by atomic mass is 9.86. The average Bonchev–Trinajstić information content (AvgIpc) is 2.81. The summed E-state index contributed by atoms with van der Waals surface area (Å²) in [5.74, 6) is 3.01. The summed E-state index contributed by atoms with van der Waals surface area (Å²) in [5.41, 5.74) is 0. The van der Waals surface area contributed by atoms with E-state index in [0.29, 0.717) is 0 Å². The normalized spacial score (nSPS) is 17.6. The molecular weight excluding hydrogens is 386 g/mol. The molecule has 0 saturated carbocycles. The molecule has 0 amide bonds. The summed E-state index contributed by atoms with van der Waals surface area (Å²) in [6, 6.07) is 0. The van der Waals surface area contributed by atoms with Crippen LogP contribution in [-0.2, 0) is 0 Å². The maximum absolute atomic E-state index is 2.86. The molecule has 0 radical (unpaired) electrons. The van der Waals surface area contributed by atoms with Crippen LogP contribution < -0.4 is 0 Å². The van der Waals surface area contributed by atoms with E-state index in [-0.39, 0.29) is 0 Å². The SMILES string of the molecule is CCCCCCCC(CCCCCC)CN1CCC(CCCC(CCC)CCCC)CC1. The molecule has 1 heterocycles. The van der Waals surface area contributed by atoms with Crippen LogP contribution in [0.5, 0.6) is 0 Å². The number of hydrogen-bond acceptors (Lipinski definition) is 1. The van der Waals surface area contributed by atoms with Crippen LogP contribution in [-0.4, -0.2) is 24.5 Å². The van der Waals surface area contributed by atoms with Gasteiger partial charge in [0.05, 0.1) is 0 Å². The van der Waals surface area contributed by atoms with Crippen LogP contribution in [0.2, 0.25) is 0 Å². The smallest absolute Gasteiger partial charge is 0.000966 e. The minimum absolute atomic E-state index is 0.971. The minimum atomic E-state index is 0.971. The van der Waals surface area contributed by atoms with Gasteiger partial charge < -0.3 is 4.90 Å². The molecule has 32 heavy (non-hydrogen) atoms. The van der Waals surface area contributed by atoms with Gasteiger partial charge in [-0.2, -0.15) is 0 Å². The number of nitrogens with zero attached hydrogens (tertiary/aromatic N) is 1. The first-order valence-electron chi connectivity index (χ1n) is 15.5. The molecule has 0 bridgehead atoms. The van der Waals surface area contributed by atoms with E-state index in [1.165, 1.54) is 154 Å². The van der Waals surface area contributed by atoms with Crippen molar-refractivity contribution in [1.29, 1.82) is 0 Å². The topological polar surface area (TPSA) is 3.24 Å². The van der Waals surface area contributed by atoms with E-state index in [2.05, 4.69) is 32.6 Å². The van der Waals surface area contributed by atoms with Crippen LogP contribution in [0.1, 0.15) is 163 Å². The summed E-state index contributed by atoms with van der Waals surface area (Å²) in [6.07, 6.45) is 30.6. The lowest BCUT2D eigenvalue weighted by Gasteiger charge is -2.34. The molecule has 192 valence electrons. The first kappa shape index (κ1) is 30.0. The van der Waals surface area contributed by atoms with Crippen molar-refractivity contribution in [2.45, 2.75) is 163 Å². The molecule has 1 saturated heterocycles. The van der Waals surface area contributed by atoms with E-state index in [0.717, 1.165) is 17.8 Å². The Morgan fingerprint density at radius 2 is 1.06 bits per heavy atom. The first-order valence-corrected chi connectivity index (χ1v) is 15.5. The van der Waals surface area contributed by atoms with Gasteiger partial charge in [0.25, 0.3) is 0 Å². The van der Waals surface area contributed by atoms with Gasteiger partial charge in [-0.25, -0.2) is 0 Å². The summed E-state index contributed by atoms with van der Waals surface area (Å²) < 4.78 is 0. The van der Waals surface area contributed by atoms with Gasteiger partial charge in [-0.3, -0.25) is 0 Å². The molecule has 2 unspecified atom stereocenters. The van der Waals surface area contributed by atoms with E-state index in [1.807, 2.05) is 0 Å². The Hall–Kier alpha value is -0.0400. The summed E-state index contributed by atoms with van der Waals surface area (Å²) in [7, 11) is 0. The van der Waals surface area contributed by atoms with Crippen molar-refractivity contribution in [3.05, 3.63) is 0 Å². The summed E-state index contributed by atoms with van der Waals surface area (Å²) >= 11 is 0. The van der Waals surface area contributed by atoms with E-state index in [9.17, 15) is 0 Å². The number of unbranched alkanes of at least 4 members (excludes halogenated alkanes) is 8. The van der Waals surface area contributed by atoms with Crippen molar-refractivity contribution in [3.63, 3.8) is 0 Å². The van der Waals surface area contributed by atoms with Gasteiger partial charge in [0, 0.05) is 6.54 Å². The van der Waals surface area contributed by atoms with Crippen molar-refractivity contribution < 1.29 is 0 Å². The molecule has 1 aliphatic rings. The second kappa shape index (κ2) is 21.5. The third kappa shape index (κ3) is 15.7. The Kier molecular flexibility index (Phi) is 20.1. The lowest BCUT2D eigenvalue weighted by molar-refractivity contribution is 0.146. The second-order valence-electron chi connectivity index (χ2n) is 11.4. The van der Waals surface area contributed by atoms with Gasteiger partial charge in [0.2, 0.25) is 0 Å². The molecule has 0 aromatic heterocycles. The quantitative estimate of drug-likeness (QED) is 0.148. The van der Waals surface area contributed by atoms with Gasteiger partial charge >= 0.3 is 0 Å². The van der Waals surface area contributed by atoms with Crippen LogP contribution in [0, 0.1) is 17.8 Å². The second-order valence-corrected chi connectivity index (χ2v) is 11.4. The molecule has 1 aliphatic heterocycles. The van der Waals surface area contributed by atoms with Crippen LogP contribution in [0.4, 0.5) is 0 Å². The third-order valence-electron chi connectivity index (χ3n) is 8.29. The molecule has 0 spiro atoms. The van der Waals surface area contributed by atoms with Gasteiger partial charge in [0.1, 0.15) is 0 Å². The number of likely N-dealkylation sites (tertiary alicyclic amines) is 1. The van der Waals surface area contributed by atoms with Gasteiger partial charge in [-0.05, 0) is 56.5 Å². The van der Waals surface area contributed by atoms with Crippen LogP contribution in [0.3, 0.4) is 0 Å². The molecule has 1 rings (SSSR count). The van der Waals surface area contributed by atoms with E-state index in [4.69, 9.17) is 0 Å². The zero-order valence-electron chi connectivity index (χ0n) is 23.1. The highest BCUT2D eigenvalue weighted by molar-refractivity contribution is 4.76. The van der Waals surface area contributed by atoms with Crippen LogP contribution in [0.25, 0.3) is 0 Å². The van der Waals surface area contributed by atoms with Crippen LogP contribution >= 0.6 is 0 Å². The van der Waals surface area contributed by atoms with Crippen LogP contribution in [0.15, 0.2) is 0 Å². The number of piperidine rings is 1. The van der Waals surface area contributed by atoms with Crippen molar-refractivity contribution in [2.24, 2.45) is 17.8 Å². The van der Waals surface area contributed by atoms with Crippen molar-refractivity contribution in [2.75, 3.05) is 19.6 Å². The fraction of sp³-hybridized carbons (Fsp3) is 1.00. The largest absolute Gasteiger partial charge is 0.303 e. The van der Waals surface area contributed by atoms with E-state index < -0.39 is 0 Å². The highest BCUT2D eigenvalue weighted by Gasteiger charge is 2.22.